The first-order valence-corrected chi connectivity index (χ1v) is 7.47. The summed E-state index contributed by atoms with van der Waals surface area (Å²) in [7, 11) is 1.80. The molecular weight excluding hydrogens is 236 g/mol. The lowest BCUT2D eigenvalue weighted by Crippen LogP contribution is -2.49. The minimum Gasteiger partial charge on any atom is -0.297 e. The quantitative estimate of drug-likeness (QED) is 0.653. The number of hydrogen-bond donors (Lipinski definition) is 1. The second kappa shape index (κ2) is 3.92. The van der Waals surface area contributed by atoms with Crippen molar-refractivity contribution in [1.29, 1.82) is 0 Å². The van der Waals surface area contributed by atoms with E-state index in [1.54, 1.807) is 7.05 Å². The van der Waals surface area contributed by atoms with Crippen LogP contribution in [-0.4, -0.2) is 17.2 Å². The molecule has 0 spiro atoms. The van der Waals surface area contributed by atoms with Gasteiger partial charge >= 0.3 is 0 Å². The van der Waals surface area contributed by atoms with Crippen LogP contribution in [0, 0.1) is 17.8 Å². The average Bonchev–Trinajstić information content (AvgIpc) is 2.37. The summed E-state index contributed by atoms with van der Waals surface area (Å²) in [6, 6.07) is 4.18. The van der Waals surface area contributed by atoms with Gasteiger partial charge in [-0.25, -0.2) is 5.84 Å². The maximum atomic E-state index is 5.70. The van der Waals surface area contributed by atoms with Gasteiger partial charge in [0.25, 0.3) is 0 Å². The molecule has 1 heterocycles. The van der Waals surface area contributed by atoms with Gasteiger partial charge in [0.2, 0.25) is 0 Å². The van der Waals surface area contributed by atoms with Gasteiger partial charge in [-0.1, -0.05) is 0 Å². The van der Waals surface area contributed by atoms with Crippen molar-refractivity contribution in [3.05, 3.63) is 17.8 Å². The van der Waals surface area contributed by atoms with Crippen LogP contribution in [0.2, 0.25) is 0 Å². The molecule has 0 unspecified atom stereocenters. The van der Waals surface area contributed by atoms with Crippen LogP contribution in [0.4, 0.5) is 5.82 Å². The minimum absolute atomic E-state index is 0.341. The summed E-state index contributed by atoms with van der Waals surface area (Å²) in [6.07, 6.45) is 8.42. The molecule has 1 aromatic heterocycles. The van der Waals surface area contributed by atoms with E-state index in [4.69, 9.17) is 5.84 Å². The molecule has 5 rings (SSSR count). The molecule has 4 aliphatic carbocycles. The lowest BCUT2D eigenvalue weighted by molar-refractivity contribution is -0.00758. The molecule has 0 radical (unpaired) electrons. The number of hydrogen-bond acceptors (Lipinski definition) is 4. The average molecular weight is 258 g/mol. The smallest absolute Gasteiger partial charge is 0.164 e. The monoisotopic (exact) mass is 258 g/mol. The second-order valence-corrected chi connectivity index (χ2v) is 7.09. The molecule has 4 aliphatic rings. The van der Waals surface area contributed by atoms with Crippen LogP contribution in [0.1, 0.15) is 44.2 Å². The molecule has 0 aromatic carbocycles. The third-order valence-corrected chi connectivity index (χ3v) is 5.59. The SMILES string of the molecule is CN(N)c1ccc(C23CC4CC(CC(C4)C2)C3)nn1. The Hall–Kier alpha value is -1.16. The Kier molecular flexibility index (Phi) is 2.40. The zero-order valence-electron chi connectivity index (χ0n) is 11.5. The van der Waals surface area contributed by atoms with E-state index in [-0.39, 0.29) is 0 Å². The summed E-state index contributed by atoms with van der Waals surface area (Å²) >= 11 is 0. The largest absolute Gasteiger partial charge is 0.297 e. The number of hydrazine groups is 1. The van der Waals surface area contributed by atoms with Crippen molar-refractivity contribution in [2.45, 2.75) is 43.9 Å². The summed E-state index contributed by atoms with van der Waals surface area (Å²) in [5.74, 6) is 9.29. The molecule has 0 aliphatic heterocycles. The second-order valence-electron chi connectivity index (χ2n) is 7.09. The number of aromatic nitrogens is 2. The highest BCUT2D eigenvalue weighted by Gasteiger charge is 2.52. The third kappa shape index (κ3) is 1.76. The number of anilines is 1. The van der Waals surface area contributed by atoms with E-state index in [0.29, 0.717) is 5.41 Å². The highest BCUT2D eigenvalue weighted by Crippen LogP contribution is 2.60. The van der Waals surface area contributed by atoms with E-state index in [0.717, 1.165) is 23.6 Å². The summed E-state index contributed by atoms with van der Waals surface area (Å²) in [4.78, 5) is 0. The Balaban J connectivity index is 1.67. The molecule has 102 valence electrons. The predicted molar refractivity (Wildman–Crippen MR) is 74.5 cm³/mol. The third-order valence-electron chi connectivity index (χ3n) is 5.59. The standard InChI is InChI=1S/C15H22N4/c1-19(16)14-3-2-13(17-18-14)15-7-10-4-11(8-15)6-12(5-10)9-15/h2-3,10-12H,4-9,16H2,1H3. The highest BCUT2D eigenvalue weighted by atomic mass is 15.4. The zero-order valence-corrected chi connectivity index (χ0v) is 11.5. The van der Waals surface area contributed by atoms with Gasteiger partial charge in [-0.2, -0.15) is 5.10 Å². The fourth-order valence-electron chi connectivity index (χ4n) is 5.22. The van der Waals surface area contributed by atoms with Gasteiger partial charge in [-0.3, -0.25) is 5.01 Å². The maximum Gasteiger partial charge on any atom is 0.164 e. The molecule has 4 nitrogen and oxygen atoms in total. The maximum absolute atomic E-state index is 5.70. The van der Waals surface area contributed by atoms with Gasteiger partial charge in [-0.05, 0) is 68.4 Å². The molecular formula is C15H22N4. The zero-order chi connectivity index (χ0) is 13.0. The van der Waals surface area contributed by atoms with E-state index in [9.17, 15) is 0 Å². The number of rotatable bonds is 2. The topological polar surface area (TPSA) is 55.0 Å². The molecule has 0 amide bonds. The van der Waals surface area contributed by atoms with Crippen LogP contribution >= 0.6 is 0 Å². The summed E-state index contributed by atoms with van der Waals surface area (Å²) in [6.45, 7) is 0. The summed E-state index contributed by atoms with van der Waals surface area (Å²) in [5, 5.41) is 10.3. The van der Waals surface area contributed by atoms with Crippen LogP contribution in [-0.2, 0) is 5.41 Å². The lowest BCUT2D eigenvalue weighted by atomic mass is 9.49. The Morgan fingerprint density at radius 3 is 2.05 bits per heavy atom. The van der Waals surface area contributed by atoms with Crippen LogP contribution in [0.3, 0.4) is 0 Å². The Labute approximate surface area is 114 Å². The van der Waals surface area contributed by atoms with E-state index < -0.39 is 0 Å². The summed E-state index contributed by atoms with van der Waals surface area (Å²) in [5.41, 5.74) is 1.56. The molecule has 1 aromatic rings. The molecule has 0 saturated heterocycles. The van der Waals surface area contributed by atoms with Crippen LogP contribution in [0.5, 0.6) is 0 Å². The molecule has 4 saturated carbocycles. The Bertz CT molecular complexity index is 444. The van der Waals surface area contributed by atoms with Crippen LogP contribution < -0.4 is 10.9 Å². The molecule has 2 N–H and O–H groups in total. The first-order valence-electron chi connectivity index (χ1n) is 7.47. The van der Waals surface area contributed by atoms with Gasteiger partial charge < -0.3 is 0 Å². The van der Waals surface area contributed by atoms with E-state index in [2.05, 4.69) is 16.3 Å². The predicted octanol–water partition coefficient (Wildman–Crippen LogP) is 2.25. The number of nitrogens with zero attached hydrogens (tertiary/aromatic N) is 3. The van der Waals surface area contributed by atoms with E-state index >= 15 is 0 Å². The van der Waals surface area contributed by atoms with E-state index in [1.165, 1.54) is 49.2 Å². The normalized spacial score (nSPS) is 39.6. The fourth-order valence-corrected chi connectivity index (χ4v) is 5.22. The van der Waals surface area contributed by atoms with Gasteiger partial charge in [0.15, 0.2) is 5.82 Å². The van der Waals surface area contributed by atoms with E-state index in [1.807, 2.05) is 6.07 Å². The molecule has 0 atom stereocenters. The molecule has 4 heteroatoms. The van der Waals surface area contributed by atoms with Crippen molar-refractivity contribution >= 4 is 5.82 Å². The van der Waals surface area contributed by atoms with Gasteiger partial charge in [0.05, 0.1) is 5.69 Å². The van der Waals surface area contributed by atoms with Crippen LogP contribution in [0.15, 0.2) is 12.1 Å². The van der Waals surface area contributed by atoms with Crippen molar-refractivity contribution in [1.82, 2.24) is 10.2 Å². The van der Waals surface area contributed by atoms with Crippen molar-refractivity contribution in [3.8, 4) is 0 Å². The highest BCUT2D eigenvalue weighted by molar-refractivity contribution is 5.35. The summed E-state index contributed by atoms with van der Waals surface area (Å²) < 4.78 is 0. The van der Waals surface area contributed by atoms with Crippen molar-refractivity contribution in [2.24, 2.45) is 23.6 Å². The van der Waals surface area contributed by atoms with Gasteiger partial charge in [0.1, 0.15) is 0 Å². The molecule has 4 fully saturated rings. The molecule has 4 bridgehead atoms. The number of nitrogens with two attached hydrogens (primary N) is 1. The Morgan fingerprint density at radius 2 is 1.63 bits per heavy atom. The molecule has 19 heavy (non-hydrogen) atoms. The van der Waals surface area contributed by atoms with Gasteiger partial charge in [-0.15, -0.1) is 5.10 Å². The lowest BCUT2D eigenvalue weighted by Gasteiger charge is -2.56. The van der Waals surface area contributed by atoms with Crippen molar-refractivity contribution in [2.75, 3.05) is 12.1 Å². The first-order chi connectivity index (χ1) is 9.14. The van der Waals surface area contributed by atoms with Crippen molar-refractivity contribution < 1.29 is 0 Å². The fraction of sp³-hybridized carbons (Fsp3) is 0.733. The Morgan fingerprint density at radius 1 is 1.05 bits per heavy atom. The minimum atomic E-state index is 0.341. The van der Waals surface area contributed by atoms with Crippen LogP contribution in [0.25, 0.3) is 0 Å². The van der Waals surface area contributed by atoms with Gasteiger partial charge in [0, 0.05) is 12.5 Å². The van der Waals surface area contributed by atoms with Crippen molar-refractivity contribution in [3.63, 3.8) is 0 Å². The first kappa shape index (κ1) is 11.6.